The monoisotopic (exact) mass is 336 g/mol. The Morgan fingerprint density at radius 1 is 1.56 bits per heavy atom. The summed E-state index contributed by atoms with van der Waals surface area (Å²) in [5.41, 5.74) is 1.07. The predicted octanol–water partition coefficient (Wildman–Crippen LogP) is 4.57. The van der Waals surface area contributed by atoms with E-state index in [0.717, 1.165) is 24.4 Å². The molecule has 2 heterocycles. The summed E-state index contributed by atoms with van der Waals surface area (Å²) in [4.78, 5) is 5.70. The highest BCUT2D eigenvalue weighted by Gasteiger charge is 2.12. The molecule has 0 fully saturated rings. The number of hydrogen-bond acceptors (Lipinski definition) is 4. The van der Waals surface area contributed by atoms with Crippen LogP contribution in [0.25, 0.3) is 9.88 Å². The number of nitrogens with one attached hydrogen (secondary N) is 1. The normalized spacial score (nSPS) is 13.0. The van der Waals surface area contributed by atoms with E-state index in [4.69, 9.17) is 11.6 Å². The molecule has 0 saturated heterocycles. The minimum Gasteiger partial charge on any atom is -0.312 e. The third-order valence-electron chi connectivity index (χ3n) is 2.25. The van der Waals surface area contributed by atoms with Crippen LogP contribution >= 0.6 is 50.2 Å². The van der Waals surface area contributed by atoms with Gasteiger partial charge in [-0.3, -0.25) is 0 Å². The fraction of sp³-hybridized carbons (Fsp3) is 0.300. The van der Waals surface area contributed by atoms with Gasteiger partial charge in [-0.1, -0.05) is 11.6 Å². The van der Waals surface area contributed by atoms with Crippen molar-refractivity contribution in [3.05, 3.63) is 25.9 Å². The number of thiazole rings is 1. The van der Waals surface area contributed by atoms with Gasteiger partial charge in [-0.2, -0.15) is 0 Å². The van der Waals surface area contributed by atoms with E-state index >= 15 is 0 Å². The highest BCUT2D eigenvalue weighted by atomic mass is 79.9. The molecule has 2 rings (SSSR count). The molecule has 86 valence electrons. The number of aromatic nitrogens is 1. The zero-order valence-corrected chi connectivity index (χ0v) is 12.7. The molecule has 2 nitrogen and oxygen atoms in total. The molecule has 0 aromatic carbocycles. The predicted molar refractivity (Wildman–Crippen MR) is 75.6 cm³/mol. The van der Waals surface area contributed by atoms with Gasteiger partial charge in [0.05, 0.1) is 10.6 Å². The van der Waals surface area contributed by atoms with Crippen molar-refractivity contribution in [2.45, 2.75) is 13.0 Å². The Hall–Kier alpha value is 0.0600. The van der Waals surface area contributed by atoms with Crippen molar-refractivity contribution < 1.29 is 0 Å². The van der Waals surface area contributed by atoms with Gasteiger partial charge in [0.15, 0.2) is 0 Å². The highest BCUT2D eigenvalue weighted by Crippen LogP contribution is 2.39. The quantitative estimate of drug-likeness (QED) is 0.887. The lowest BCUT2D eigenvalue weighted by atomic mass is 10.3. The molecule has 0 saturated carbocycles. The Morgan fingerprint density at radius 2 is 2.31 bits per heavy atom. The molecule has 0 bridgehead atoms. The average molecular weight is 338 g/mol. The Balaban J connectivity index is 2.31. The van der Waals surface area contributed by atoms with Crippen molar-refractivity contribution in [1.29, 1.82) is 0 Å². The largest absolute Gasteiger partial charge is 0.312 e. The molecule has 1 unspecified atom stereocenters. The standard InChI is InChI=1S/C10H10BrClN2S2/c1-5(13-2)7-4-15-10(14-7)8-3-6(11)9(12)16-8/h3-5,13H,1-2H3. The maximum Gasteiger partial charge on any atom is 0.133 e. The van der Waals surface area contributed by atoms with Gasteiger partial charge in [-0.25, -0.2) is 4.98 Å². The molecule has 0 spiro atoms. The first-order chi connectivity index (χ1) is 7.61. The number of halogens is 2. The minimum absolute atomic E-state index is 0.281. The van der Waals surface area contributed by atoms with Crippen LogP contribution in [0, 0.1) is 0 Å². The maximum absolute atomic E-state index is 6.01. The van der Waals surface area contributed by atoms with Gasteiger partial charge in [-0.15, -0.1) is 22.7 Å². The SMILES string of the molecule is CNC(C)c1csc(-c2cc(Br)c(Cl)s2)n1. The van der Waals surface area contributed by atoms with Crippen molar-refractivity contribution in [3.8, 4) is 9.88 Å². The van der Waals surface area contributed by atoms with Crippen molar-refractivity contribution in [2.75, 3.05) is 7.05 Å². The molecule has 0 aliphatic rings. The fourth-order valence-corrected chi connectivity index (χ4v) is 3.88. The van der Waals surface area contributed by atoms with Crippen LogP contribution in [0.2, 0.25) is 4.34 Å². The molecule has 2 aromatic heterocycles. The smallest absolute Gasteiger partial charge is 0.133 e. The van der Waals surface area contributed by atoms with Gasteiger partial charge < -0.3 is 5.32 Å². The van der Waals surface area contributed by atoms with Crippen molar-refractivity contribution >= 4 is 50.2 Å². The average Bonchev–Trinajstić information content (AvgIpc) is 2.86. The van der Waals surface area contributed by atoms with E-state index in [2.05, 4.69) is 38.5 Å². The van der Waals surface area contributed by atoms with Crippen LogP contribution in [0.15, 0.2) is 15.9 Å². The van der Waals surface area contributed by atoms with Crippen molar-refractivity contribution in [2.24, 2.45) is 0 Å². The lowest BCUT2D eigenvalue weighted by molar-refractivity contribution is 0.637. The number of rotatable bonds is 3. The van der Waals surface area contributed by atoms with Gasteiger partial charge in [0, 0.05) is 15.9 Å². The Labute approximate surface area is 116 Å². The second-order valence-corrected chi connectivity index (χ2v) is 6.69. The summed E-state index contributed by atoms with van der Waals surface area (Å²) in [6.45, 7) is 2.09. The zero-order valence-electron chi connectivity index (χ0n) is 8.75. The molecule has 16 heavy (non-hydrogen) atoms. The molecule has 1 atom stereocenters. The van der Waals surface area contributed by atoms with Gasteiger partial charge >= 0.3 is 0 Å². The van der Waals surface area contributed by atoms with Crippen LogP contribution in [0.5, 0.6) is 0 Å². The third-order valence-corrected chi connectivity index (χ3v) is 5.76. The van der Waals surface area contributed by atoms with Gasteiger partial charge in [0.25, 0.3) is 0 Å². The van der Waals surface area contributed by atoms with Crippen LogP contribution in [0.3, 0.4) is 0 Å². The van der Waals surface area contributed by atoms with E-state index in [1.807, 2.05) is 13.1 Å². The summed E-state index contributed by atoms with van der Waals surface area (Å²) in [7, 11) is 1.93. The number of nitrogens with zero attached hydrogens (tertiary/aromatic N) is 1. The molecule has 0 aliphatic carbocycles. The maximum atomic E-state index is 6.01. The molecule has 0 aliphatic heterocycles. The minimum atomic E-state index is 0.281. The van der Waals surface area contributed by atoms with Gasteiger partial charge in [-0.05, 0) is 36.0 Å². The van der Waals surface area contributed by atoms with Crippen LogP contribution in [-0.4, -0.2) is 12.0 Å². The van der Waals surface area contributed by atoms with Crippen molar-refractivity contribution in [1.82, 2.24) is 10.3 Å². The van der Waals surface area contributed by atoms with E-state index in [-0.39, 0.29) is 6.04 Å². The van der Waals surface area contributed by atoms with Crippen LogP contribution in [0.4, 0.5) is 0 Å². The molecular weight excluding hydrogens is 328 g/mol. The zero-order chi connectivity index (χ0) is 11.7. The van der Waals surface area contributed by atoms with E-state index in [0.29, 0.717) is 0 Å². The Bertz CT molecular complexity index is 475. The van der Waals surface area contributed by atoms with Crippen molar-refractivity contribution in [3.63, 3.8) is 0 Å². The van der Waals surface area contributed by atoms with Gasteiger partial charge in [0.2, 0.25) is 0 Å². The molecule has 0 amide bonds. The summed E-state index contributed by atoms with van der Waals surface area (Å²) >= 11 is 12.6. The summed E-state index contributed by atoms with van der Waals surface area (Å²) < 4.78 is 1.71. The Morgan fingerprint density at radius 3 is 2.88 bits per heavy atom. The third kappa shape index (κ3) is 2.49. The van der Waals surface area contributed by atoms with E-state index in [1.165, 1.54) is 0 Å². The first-order valence-electron chi connectivity index (χ1n) is 4.69. The molecule has 0 radical (unpaired) electrons. The lowest BCUT2D eigenvalue weighted by Crippen LogP contribution is -2.12. The van der Waals surface area contributed by atoms with E-state index in [9.17, 15) is 0 Å². The summed E-state index contributed by atoms with van der Waals surface area (Å²) in [5.74, 6) is 0. The van der Waals surface area contributed by atoms with Gasteiger partial charge in [0.1, 0.15) is 9.34 Å². The topological polar surface area (TPSA) is 24.9 Å². The first-order valence-corrected chi connectivity index (χ1v) is 7.56. The molecule has 1 N–H and O–H groups in total. The second-order valence-electron chi connectivity index (χ2n) is 3.32. The summed E-state index contributed by atoms with van der Waals surface area (Å²) in [6, 6.07) is 2.29. The fourth-order valence-electron chi connectivity index (χ4n) is 1.20. The molecule has 6 heteroatoms. The van der Waals surface area contributed by atoms with E-state index < -0.39 is 0 Å². The highest BCUT2D eigenvalue weighted by molar-refractivity contribution is 9.10. The van der Waals surface area contributed by atoms with E-state index in [1.54, 1.807) is 22.7 Å². The van der Waals surface area contributed by atoms with Crippen LogP contribution < -0.4 is 5.32 Å². The summed E-state index contributed by atoms with van der Waals surface area (Å²) in [5, 5.41) is 6.28. The molecular formula is C10H10BrClN2S2. The molecule has 2 aromatic rings. The lowest BCUT2D eigenvalue weighted by Gasteiger charge is -2.04. The summed E-state index contributed by atoms with van der Waals surface area (Å²) in [6.07, 6.45) is 0. The van der Waals surface area contributed by atoms with Crippen LogP contribution in [-0.2, 0) is 0 Å². The Kier molecular flexibility index (Phi) is 4.02. The van der Waals surface area contributed by atoms with Crippen LogP contribution in [0.1, 0.15) is 18.7 Å². The number of hydrogen-bond donors (Lipinski definition) is 1. The first kappa shape index (κ1) is 12.5. The second kappa shape index (κ2) is 5.14. The number of thiophene rings is 1.